The van der Waals surface area contributed by atoms with Crippen molar-refractivity contribution < 1.29 is 4.79 Å². The molecular weight excluding hydrogens is 302 g/mol. The van der Waals surface area contributed by atoms with E-state index in [1.165, 1.54) is 0 Å². The summed E-state index contributed by atoms with van der Waals surface area (Å²) in [5.41, 5.74) is 2.19. The quantitative estimate of drug-likeness (QED) is 0.663. The number of ketones is 1. The maximum Gasteiger partial charge on any atom is 0.193 e. The van der Waals surface area contributed by atoms with Gasteiger partial charge in [-0.2, -0.15) is 0 Å². The van der Waals surface area contributed by atoms with Crippen molar-refractivity contribution >= 4 is 32.6 Å². The molecule has 2 nitrogen and oxygen atoms in total. The van der Waals surface area contributed by atoms with Gasteiger partial charge in [-0.15, -0.1) is 0 Å². The second-order valence-corrected chi connectivity index (χ2v) is 5.13. The Morgan fingerprint density at radius 3 is 2.68 bits per heavy atom. The van der Waals surface area contributed by atoms with Gasteiger partial charge in [-0.05, 0) is 24.3 Å². The van der Waals surface area contributed by atoms with E-state index < -0.39 is 0 Å². The summed E-state index contributed by atoms with van der Waals surface area (Å²) in [6, 6.07) is 16.8. The highest BCUT2D eigenvalue weighted by Gasteiger charge is 2.12. The molecule has 0 radical (unpaired) electrons. The summed E-state index contributed by atoms with van der Waals surface area (Å²) in [7, 11) is 0. The summed E-state index contributed by atoms with van der Waals surface area (Å²) >= 11 is 3.39. The molecule has 0 atom stereocenters. The standard InChI is InChI=1S/C16H10BrNO/c17-12-5-1-4-11(10-12)16(19)14-6-2-8-15-13(14)7-3-9-18-15/h1-10H. The van der Waals surface area contributed by atoms with Crippen molar-refractivity contribution in [2.45, 2.75) is 0 Å². The highest BCUT2D eigenvalue weighted by molar-refractivity contribution is 9.10. The molecule has 1 heterocycles. The average molecular weight is 312 g/mol. The zero-order valence-corrected chi connectivity index (χ0v) is 11.6. The van der Waals surface area contributed by atoms with Crippen molar-refractivity contribution in [3.05, 3.63) is 76.4 Å². The minimum absolute atomic E-state index is 0.0138. The van der Waals surface area contributed by atoms with E-state index in [1.807, 2.05) is 54.6 Å². The van der Waals surface area contributed by atoms with Crippen LogP contribution >= 0.6 is 15.9 Å². The molecule has 92 valence electrons. The van der Waals surface area contributed by atoms with E-state index in [0.717, 1.165) is 15.4 Å². The second-order valence-electron chi connectivity index (χ2n) is 4.22. The number of carbonyl (C=O) groups excluding carboxylic acids is 1. The fourth-order valence-electron chi connectivity index (χ4n) is 2.09. The van der Waals surface area contributed by atoms with Gasteiger partial charge >= 0.3 is 0 Å². The highest BCUT2D eigenvalue weighted by atomic mass is 79.9. The van der Waals surface area contributed by atoms with Crippen LogP contribution in [0.2, 0.25) is 0 Å². The molecule has 0 aliphatic heterocycles. The van der Waals surface area contributed by atoms with Crippen LogP contribution < -0.4 is 0 Å². The van der Waals surface area contributed by atoms with E-state index in [0.29, 0.717) is 11.1 Å². The molecule has 0 unspecified atom stereocenters. The lowest BCUT2D eigenvalue weighted by Crippen LogP contribution is -2.02. The largest absolute Gasteiger partial charge is 0.289 e. The Bertz CT molecular complexity index is 762. The summed E-state index contributed by atoms with van der Waals surface area (Å²) in [6.07, 6.45) is 1.73. The van der Waals surface area contributed by atoms with Gasteiger partial charge in [0.05, 0.1) is 5.52 Å². The molecule has 0 aliphatic carbocycles. The molecule has 0 saturated heterocycles. The molecule has 2 aromatic carbocycles. The third kappa shape index (κ3) is 2.29. The summed E-state index contributed by atoms with van der Waals surface area (Å²) in [5.74, 6) is 0.0138. The van der Waals surface area contributed by atoms with Crippen LogP contribution in [0.5, 0.6) is 0 Å². The van der Waals surface area contributed by atoms with E-state index in [-0.39, 0.29) is 5.78 Å². The number of nitrogens with zero attached hydrogens (tertiary/aromatic N) is 1. The maximum absolute atomic E-state index is 12.6. The molecule has 3 heteroatoms. The predicted molar refractivity (Wildman–Crippen MR) is 79.3 cm³/mol. The minimum atomic E-state index is 0.0138. The van der Waals surface area contributed by atoms with Gasteiger partial charge in [0, 0.05) is 27.2 Å². The number of hydrogen-bond acceptors (Lipinski definition) is 2. The van der Waals surface area contributed by atoms with Gasteiger partial charge in [0.15, 0.2) is 5.78 Å². The van der Waals surface area contributed by atoms with E-state index in [1.54, 1.807) is 6.20 Å². The van der Waals surface area contributed by atoms with Crippen LogP contribution in [0.1, 0.15) is 15.9 Å². The van der Waals surface area contributed by atoms with Crippen molar-refractivity contribution in [3.8, 4) is 0 Å². The molecule has 0 saturated carbocycles. The summed E-state index contributed by atoms with van der Waals surface area (Å²) < 4.78 is 0.900. The number of carbonyl (C=O) groups is 1. The Labute approximate surface area is 119 Å². The first-order valence-electron chi connectivity index (χ1n) is 5.90. The SMILES string of the molecule is O=C(c1cccc(Br)c1)c1cccc2ncccc12. The van der Waals surface area contributed by atoms with Crippen molar-refractivity contribution in [1.82, 2.24) is 4.98 Å². The van der Waals surface area contributed by atoms with E-state index >= 15 is 0 Å². The fourth-order valence-corrected chi connectivity index (χ4v) is 2.49. The molecule has 3 aromatic rings. The Morgan fingerprint density at radius 2 is 1.84 bits per heavy atom. The first kappa shape index (κ1) is 12.1. The van der Waals surface area contributed by atoms with Gasteiger partial charge in [0.25, 0.3) is 0 Å². The van der Waals surface area contributed by atoms with Gasteiger partial charge in [-0.25, -0.2) is 0 Å². The molecular formula is C16H10BrNO. The first-order valence-corrected chi connectivity index (χ1v) is 6.69. The molecule has 0 amide bonds. The monoisotopic (exact) mass is 311 g/mol. The lowest BCUT2D eigenvalue weighted by atomic mass is 9.99. The zero-order chi connectivity index (χ0) is 13.2. The lowest BCUT2D eigenvalue weighted by molar-refractivity contribution is 0.104. The molecule has 0 fully saturated rings. The molecule has 19 heavy (non-hydrogen) atoms. The molecule has 0 N–H and O–H groups in total. The van der Waals surface area contributed by atoms with Gasteiger partial charge < -0.3 is 0 Å². The molecule has 1 aromatic heterocycles. The summed E-state index contributed by atoms with van der Waals surface area (Å²) in [6.45, 7) is 0. The van der Waals surface area contributed by atoms with Gasteiger partial charge in [0.1, 0.15) is 0 Å². The Balaban J connectivity index is 2.17. The van der Waals surface area contributed by atoms with Crippen molar-refractivity contribution in [2.75, 3.05) is 0 Å². The number of rotatable bonds is 2. The van der Waals surface area contributed by atoms with Crippen LogP contribution in [0.3, 0.4) is 0 Å². The number of halogens is 1. The fraction of sp³-hybridized carbons (Fsp3) is 0. The van der Waals surface area contributed by atoms with Crippen LogP contribution in [-0.4, -0.2) is 10.8 Å². The number of aromatic nitrogens is 1. The molecule has 3 rings (SSSR count). The van der Waals surface area contributed by atoms with Crippen LogP contribution in [0.25, 0.3) is 10.9 Å². The minimum Gasteiger partial charge on any atom is -0.289 e. The van der Waals surface area contributed by atoms with E-state index in [2.05, 4.69) is 20.9 Å². The van der Waals surface area contributed by atoms with Crippen LogP contribution in [-0.2, 0) is 0 Å². The number of pyridine rings is 1. The summed E-state index contributed by atoms with van der Waals surface area (Å²) in [4.78, 5) is 16.8. The zero-order valence-electron chi connectivity index (χ0n) is 10.0. The van der Waals surface area contributed by atoms with Crippen molar-refractivity contribution in [3.63, 3.8) is 0 Å². The van der Waals surface area contributed by atoms with E-state index in [9.17, 15) is 4.79 Å². The molecule has 0 aliphatic rings. The highest BCUT2D eigenvalue weighted by Crippen LogP contribution is 2.21. The van der Waals surface area contributed by atoms with Crippen molar-refractivity contribution in [1.29, 1.82) is 0 Å². The topological polar surface area (TPSA) is 30.0 Å². The van der Waals surface area contributed by atoms with Gasteiger partial charge in [0.2, 0.25) is 0 Å². The third-order valence-electron chi connectivity index (χ3n) is 2.98. The first-order chi connectivity index (χ1) is 9.25. The second kappa shape index (κ2) is 4.94. The van der Waals surface area contributed by atoms with Gasteiger partial charge in [-0.1, -0.05) is 46.3 Å². The Hall–Kier alpha value is -2.00. The van der Waals surface area contributed by atoms with Crippen molar-refractivity contribution in [2.24, 2.45) is 0 Å². The summed E-state index contributed by atoms with van der Waals surface area (Å²) in [5, 5.41) is 0.884. The van der Waals surface area contributed by atoms with Gasteiger partial charge in [-0.3, -0.25) is 9.78 Å². The average Bonchev–Trinajstić information content (AvgIpc) is 2.46. The van der Waals surface area contributed by atoms with Crippen LogP contribution in [0.4, 0.5) is 0 Å². The lowest BCUT2D eigenvalue weighted by Gasteiger charge is -2.05. The van der Waals surface area contributed by atoms with Crippen LogP contribution in [0, 0.1) is 0 Å². The molecule has 0 spiro atoms. The Morgan fingerprint density at radius 1 is 1.00 bits per heavy atom. The Kier molecular flexibility index (Phi) is 3.13. The number of hydrogen-bond donors (Lipinski definition) is 0. The number of fused-ring (bicyclic) bond motifs is 1. The maximum atomic E-state index is 12.6. The number of benzene rings is 2. The van der Waals surface area contributed by atoms with E-state index in [4.69, 9.17) is 0 Å². The molecule has 0 bridgehead atoms. The van der Waals surface area contributed by atoms with Crippen LogP contribution in [0.15, 0.2) is 65.3 Å². The normalized spacial score (nSPS) is 10.6. The smallest absolute Gasteiger partial charge is 0.193 e. The predicted octanol–water partition coefficient (Wildman–Crippen LogP) is 4.23. The third-order valence-corrected chi connectivity index (χ3v) is 3.47.